The highest BCUT2D eigenvalue weighted by Crippen LogP contribution is 2.14. The highest BCUT2D eigenvalue weighted by Gasteiger charge is 2.05. The number of carbonyl (C=O) groups is 1. The van der Waals surface area contributed by atoms with Crippen LogP contribution < -0.4 is 11.5 Å². The minimum Gasteiger partial charge on any atom is -0.409 e. The zero-order valence-electron chi connectivity index (χ0n) is 6.73. The molecule has 13 heavy (non-hydrogen) atoms. The van der Waals surface area contributed by atoms with Crippen LogP contribution in [0.3, 0.4) is 0 Å². The molecule has 70 valence electrons. The van der Waals surface area contributed by atoms with E-state index in [0.717, 1.165) is 4.88 Å². The third-order valence-electron chi connectivity index (χ3n) is 1.41. The quantitative estimate of drug-likeness (QED) is 0.273. The van der Waals surface area contributed by atoms with Gasteiger partial charge in [-0.05, 0) is 6.07 Å². The summed E-state index contributed by atoms with van der Waals surface area (Å²) in [6, 6.07) is 1.67. The number of primary amides is 1. The molecule has 0 atom stereocenters. The maximum absolute atomic E-state index is 10.5. The lowest BCUT2D eigenvalue weighted by atomic mass is 10.2. The maximum atomic E-state index is 10.5. The molecule has 0 saturated carbocycles. The molecule has 0 aliphatic carbocycles. The van der Waals surface area contributed by atoms with Gasteiger partial charge in [-0.3, -0.25) is 4.79 Å². The number of amides is 1. The Bertz CT molecular complexity index is 345. The van der Waals surface area contributed by atoms with Gasteiger partial charge in [0.15, 0.2) is 5.84 Å². The first kappa shape index (κ1) is 9.53. The van der Waals surface area contributed by atoms with E-state index < -0.39 is 5.91 Å². The van der Waals surface area contributed by atoms with Crippen LogP contribution >= 0.6 is 11.3 Å². The second-order valence-electron chi connectivity index (χ2n) is 2.43. The summed E-state index contributed by atoms with van der Waals surface area (Å²) >= 11 is 1.35. The fourth-order valence-corrected chi connectivity index (χ4v) is 1.72. The number of rotatable bonds is 3. The molecule has 1 heterocycles. The van der Waals surface area contributed by atoms with Gasteiger partial charge in [0.2, 0.25) is 5.91 Å². The molecule has 0 unspecified atom stereocenters. The Hall–Kier alpha value is -1.56. The van der Waals surface area contributed by atoms with Gasteiger partial charge in [-0.1, -0.05) is 5.16 Å². The standard InChI is InChI=1S/C7H9N3O2S/c8-6(11)2-5-1-4(3-13-5)7(9)10-12/h1,3,12H,2H2,(H2,8,11)(H2,9,10). The van der Waals surface area contributed by atoms with Crippen molar-refractivity contribution in [2.45, 2.75) is 6.42 Å². The van der Waals surface area contributed by atoms with E-state index >= 15 is 0 Å². The van der Waals surface area contributed by atoms with Crippen LogP contribution in [0.25, 0.3) is 0 Å². The molecule has 6 heteroatoms. The van der Waals surface area contributed by atoms with Crippen LogP contribution in [0.2, 0.25) is 0 Å². The van der Waals surface area contributed by atoms with Crippen LogP contribution in [0.1, 0.15) is 10.4 Å². The Labute approximate surface area is 78.7 Å². The summed E-state index contributed by atoms with van der Waals surface area (Å²) < 4.78 is 0. The zero-order chi connectivity index (χ0) is 9.84. The molecule has 1 amide bonds. The Morgan fingerprint density at radius 1 is 1.62 bits per heavy atom. The smallest absolute Gasteiger partial charge is 0.222 e. The van der Waals surface area contributed by atoms with Gasteiger partial charge in [-0.15, -0.1) is 11.3 Å². The molecule has 0 radical (unpaired) electrons. The molecule has 0 spiro atoms. The van der Waals surface area contributed by atoms with Gasteiger partial charge in [-0.2, -0.15) is 0 Å². The Morgan fingerprint density at radius 2 is 2.31 bits per heavy atom. The van der Waals surface area contributed by atoms with Crippen LogP contribution in [0.4, 0.5) is 0 Å². The highest BCUT2D eigenvalue weighted by molar-refractivity contribution is 7.10. The molecule has 0 fully saturated rings. The minimum atomic E-state index is -0.395. The van der Waals surface area contributed by atoms with Gasteiger partial charge in [0, 0.05) is 15.8 Å². The number of carbonyl (C=O) groups excluding carboxylic acids is 1. The van der Waals surface area contributed by atoms with Crippen molar-refractivity contribution >= 4 is 23.1 Å². The van der Waals surface area contributed by atoms with Crippen molar-refractivity contribution in [2.24, 2.45) is 16.6 Å². The van der Waals surface area contributed by atoms with Gasteiger partial charge >= 0.3 is 0 Å². The van der Waals surface area contributed by atoms with E-state index in [4.69, 9.17) is 16.7 Å². The largest absolute Gasteiger partial charge is 0.409 e. The first-order valence-corrected chi connectivity index (χ1v) is 4.35. The predicted molar refractivity (Wildman–Crippen MR) is 49.7 cm³/mol. The van der Waals surface area contributed by atoms with Crippen LogP contribution in [0, 0.1) is 0 Å². The average Bonchev–Trinajstić information content (AvgIpc) is 2.50. The maximum Gasteiger partial charge on any atom is 0.222 e. The van der Waals surface area contributed by atoms with E-state index in [-0.39, 0.29) is 12.3 Å². The van der Waals surface area contributed by atoms with Crippen molar-refractivity contribution in [3.8, 4) is 0 Å². The molecular formula is C7H9N3O2S. The third kappa shape index (κ3) is 2.45. The molecule has 1 aromatic heterocycles. The molecule has 1 rings (SSSR count). The van der Waals surface area contributed by atoms with Gasteiger partial charge in [0.1, 0.15) is 0 Å². The summed E-state index contributed by atoms with van der Waals surface area (Å²) in [6.07, 6.45) is 0.184. The number of hydrogen-bond donors (Lipinski definition) is 3. The van der Waals surface area contributed by atoms with Crippen molar-refractivity contribution in [1.29, 1.82) is 0 Å². The van der Waals surface area contributed by atoms with E-state index in [1.807, 2.05) is 0 Å². The van der Waals surface area contributed by atoms with Gasteiger partial charge < -0.3 is 16.7 Å². The fraction of sp³-hybridized carbons (Fsp3) is 0.143. The van der Waals surface area contributed by atoms with E-state index in [1.165, 1.54) is 11.3 Å². The number of nitrogens with zero attached hydrogens (tertiary/aromatic N) is 1. The first-order chi connectivity index (χ1) is 6.13. The molecule has 0 aromatic carbocycles. The number of oxime groups is 1. The average molecular weight is 199 g/mol. The van der Waals surface area contributed by atoms with Crippen molar-refractivity contribution in [2.75, 3.05) is 0 Å². The van der Waals surface area contributed by atoms with Crippen LogP contribution in [0.5, 0.6) is 0 Å². The minimum absolute atomic E-state index is 0.0342. The first-order valence-electron chi connectivity index (χ1n) is 3.47. The second-order valence-corrected chi connectivity index (χ2v) is 3.43. The van der Waals surface area contributed by atoms with E-state index in [0.29, 0.717) is 5.56 Å². The molecule has 0 aliphatic heterocycles. The molecule has 1 aromatic rings. The summed E-state index contributed by atoms with van der Waals surface area (Å²) in [5, 5.41) is 12.9. The third-order valence-corrected chi connectivity index (χ3v) is 2.34. The zero-order valence-corrected chi connectivity index (χ0v) is 7.54. The lowest BCUT2D eigenvalue weighted by Crippen LogP contribution is -2.13. The summed E-state index contributed by atoms with van der Waals surface area (Å²) in [6.45, 7) is 0. The summed E-state index contributed by atoms with van der Waals surface area (Å²) in [4.78, 5) is 11.3. The number of hydrogen-bond acceptors (Lipinski definition) is 4. The van der Waals surface area contributed by atoms with Crippen LogP contribution in [-0.4, -0.2) is 17.0 Å². The molecular weight excluding hydrogens is 190 g/mol. The topological polar surface area (TPSA) is 102 Å². The lowest BCUT2D eigenvalue weighted by Gasteiger charge is -1.90. The molecule has 5 nitrogen and oxygen atoms in total. The van der Waals surface area contributed by atoms with E-state index in [1.54, 1.807) is 11.4 Å². The Kier molecular flexibility index (Phi) is 2.86. The van der Waals surface area contributed by atoms with Crippen molar-refractivity contribution < 1.29 is 10.0 Å². The Morgan fingerprint density at radius 3 is 2.85 bits per heavy atom. The van der Waals surface area contributed by atoms with Crippen molar-refractivity contribution in [1.82, 2.24) is 0 Å². The van der Waals surface area contributed by atoms with E-state index in [9.17, 15) is 4.79 Å². The van der Waals surface area contributed by atoms with Crippen LogP contribution in [0.15, 0.2) is 16.6 Å². The number of thiophene rings is 1. The monoisotopic (exact) mass is 199 g/mol. The normalized spacial score (nSPS) is 11.5. The van der Waals surface area contributed by atoms with Crippen molar-refractivity contribution in [3.63, 3.8) is 0 Å². The SMILES string of the molecule is NC(=O)Cc1cc(C(N)=NO)cs1. The predicted octanol–water partition coefficient (Wildman–Crippen LogP) is -0.130. The molecule has 5 N–H and O–H groups in total. The summed E-state index contributed by atoms with van der Waals surface area (Å²) in [5.41, 5.74) is 10.9. The number of nitrogens with two attached hydrogens (primary N) is 2. The van der Waals surface area contributed by atoms with Gasteiger partial charge in [0.25, 0.3) is 0 Å². The molecule has 0 saturated heterocycles. The van der Waals surface area contributed by atoms with Gasteiger partial charge in [-0.25, -0.2) is 0 Å². The molecule has 0 bridgehead atoms. The fourth-order valence-electron chi connectivity index (χ4n) is 0.837. The highest BCUT2D eigenvalue weighted by atomic mass is 32.1. The van der Waals surface area contributed by atoms with Crippen molar-refractivity contribution in [3.05, 3.63) is 21.9 Å². The van der Waals surface area contributed by atoms with Gasteiger partial charge in [0.05, 0.1) is 6.42 Å². The molecule has 0 aliphatic rings. The summed E-state index contributed by atoms with van der Waals surface area (Å²) in [5.74, 6) is -0.361. The second kappa shape index (κ2) is 3.90. The summed E-state index contributed by atoms with van der Waals surface area (Å²) in [7, 11) is 0. The number of amidine groups is 1. The van der Waals surface area contributed by atoms with Crippen LogP contribution in [-0.2, 0) is 11.2 Å². The Balaban J connectivity index is 2.80. The lowest BCUT2D eigenvalue weighted by molar-refractivity contribution is -0.117. The van der Waals surface area contributed by atoms with E-state index in [2.05, 4.69) is 5.16 Å².